The minimum Gasteiger partial charge on any atom is -0.347 e. The minimum atomic E-state index is -0.139. The molecule has 0 spiro atoms. The highest BCUT2D eigenvalue weighted by Gasteiger charge is 2.11. The second-order valence-corrected chi connectivity index (χ2v) is 5.80. The molecule has 1 aromatic carbocycles. The van der Waals surface area contributed by atoms with Gasteiger partial charge in [-0.3, -0.25) is 14.6 Å². The largest absolute Gasteiger partial charge is 0.347 e. The average molecular weight is 325 g/mol. The van der Waals surface area contributed by atoms with Gasteiger partial charge in [0.05, 0.1) is 13.0 Å². The molecule has 2 amide bonds. The zero-order valence-electron chi connectivity index (χ0n) is 14.2. The Bertz CT molecular complexity index is 686. The summed E-state index contributed by atoms with van der Waals surface area (Å²) in [6, 6.07) is 11.6. The molecule has 0 aliphatic heterocycles. The predicted octanol–water partition coefficient (Wildman–Crippen LogP) is 1.75. The summed E-state index contributed by atoms with van der Waals surface area (Å²) >= 11 is 0. The van der Waals surface area contributed by atoms with Crippen molar-refractivity contribution < 1.29 is 9.59 Å². The van der Waals surface area contributed by atoms with E-state index in [1.54, 1.807) is 24.3 Å². The third kappa shape index (κ3) is 5.50. The number of nitrogens with zero attached hydrogens (tertiary/aromatic N) is 2. The molecular formula is C19H23N3O2. The predicted molar refractivity (Wildman–Crippen MR) is 93.5 cm³/mol. The van der Waals surface area contributed by atoms with Gasteiger partial charge in [-0.05, 0) is 42.2 Å². The summed E-state index contributed by atoms with van der Waals surface area (Å²) in [5.74, 6) is -0.234. The first-order valence-electron chi connectivity index (χ1n) is 8.00. The fraction of sp³-hybridized carbons (Fsp3) is 0.316. The number of amides is 2. The van der Waals surface area contributed by atoms with Crippen LogP contribution >= 0.6 is 0 Å². The minimum absolute atomic E-state index is 0.0254. The van der Waals surface area contributed by atoms with Gasteiger partial charge in [-0.25, -0.2) is 0 Å². The van der Waals surface area contributed by atoms with Crippen LogP contribution in [0.25, 0.3) is 0 Å². The molecule has 0 aliphatic carbocycles. The molecule has 2 rings (SSSR count). The number of rotatable bonds is 7. The maximum absolute atomic E-state index is 12.1. The van der Waals surface area contributed by atoms with Gasteiger partial charge in [-0.1, -0.05) is 24.3 Å². The number of pyridine rings is 1. The molecule has 0 saturated carbocycles. The van der Waals surface area contributed by atoms with E-state index in [-0.39, 0.29) is 18.4 Å². The normalized spacial score (nSPS) is 10.2. The molecule has 2 aromatic rings. The van der Waals surface area contributed by atoms with Gasteiger partial charge in [0.25, 0.3) is 0 Å². The Labute approximate surface area is 142 Å². The molecule has 5 nitrogen and oxygen atoms in total. The van der Waals surface area contributed by atoms with E-state index in [4.69, 9.17) is 0 Å². The Morgan fingerprint density at radius 1 is 1.12 bits per heavy atom. The number of benzene rings is 1. The van der Waals surface area contributed by atoms with Crippen molar-refractivity contribution in [3.63, 3.8) is 0 Å². The molecule has 1 heterocycles. The van der Waals surface area contributed by atoms with Gasteiger partial charge >= 0.3 is 0 Å². The van der Waals surface area contributed by atoms with E-state index in [0.29, 0.717) is 13.0 Å². The van der Waals surface area contributed by atoms with Crippen molar-refractivity contribution in [2.24, 2.45) is 0 Å². The first-order valence-corrected chi connectivity index (χ1v) is 8.00. The van der Waals surface area contributed by atoms with Gasteiger partial charge < -0.3 is 10.2 Å². The van der Waals surface area contributed by atoms with Crippen molar-refractivity contribution in [2.75, 3.05) is 20.1 Å². The maximum Gasteiger partial charge on any atom is 0.241 e. The van der Waals surface area contributed by atoms with Crippen molar-refractivity contribution in [3.05, 3.63) is 65.5 Å². The zero-order chi connectivity index (χ0) is 17.4. The maximum atomic E-state index is 12.1. The summed E-state index contributed by atoms with van der Waals surface area (Å²) in [7, 11) is 1.75. The van der Waals surface area contributed by atoms with E-state index < -0.39 is 0 Å². The van der Waals surface area contributed by atoms with E-state index in [9.17, 15) is 9.59 Å². The van der Waals surface area contributed by atoms with Crippen LogP contribution < -0.4 is 5.32 Å². The van der Waals surface area contributed by atoms with E-state index in [1.807, 2.05) is 43.3 Å². The number of hydrogen-bond donors (Lipinski definition) is 1. The van der Waals surface area contributed by atoms with Gasteiger partial charge in [0.2, 0.25) is 11.8 Å². The number of carbonyl (C=O) groups excluding carboxylic acids is 2. The monoisotopic (exact) mass is 325 g/mol. The first kappa shape index (κ1) is 17.7. The first-order chi connectivity index (χ1) is 11.6. The third-order valence-corrected chi connectivity index (χ3v) is 3.96. The molecule has 0 saturated heterocycles. The van der Waals surface area contributed by atoms with Crippen LogP contribution in [0.2, 0.25) is 0 Å². The van der Waals surface area contributed by atoms with Gasteiger partial charge in [0.15, 0.2) is 0 Å². The summed E-state index contributed by atoms with van der Waals surface area (Å²) in [6.07, 6.45) is 4.54. The topological polar surface area (TPSA) is 62.3 Å². The SMILES string of the molecule is Cc1ccccc1CC(=O)NCC(=O)N(C)CCc1ccncc1. The Morgan fingerprint density at radius 3 is 2.54 bits per heavy atom. The second kappa shape index (κ2) is 8.82. The standard InChI is InChI=1S/C19H23N3O2/c1-15-5-3-4-6-17(15)13-18(23)21-14-19(24)22(2)12-9-16-7-10-20-11-8-16/h3-8,10-11H,9,12-14H2,1-2H3,(H,21,23). The fourth-order valence-electron chi connectivity index (χ4n) is 2.32. The summed E-state index contributed by atoms with van der Waals surface area (Å²) in [5, 5.41) is 2.70. The summed E-state index contributed by atoms with van der Waals surface area (Å²) in [6.45, 7) is 2.61. The Morgan fingerprint density at radius 2 is 1.83 bits per heavy atom. The molecule has 24 heavy (non-hydrogen) atoms. The molecule has 0 unspecified atom stereocenters. The van der Waals surface area contributed by atoms with E-state index in [1.165, 1.54) is 0 Å². The highest BCUT2D eigenvalue weighted by molar-refractivity contribution is 5.85. The van der Waals surface area contributed by atoms with Gasteiger partial charge in [-0.15, -0.1) is 0 Å². The quantitative estimate of drug-likeness (QED) is 0.843. The highest BCUT2D eigenvalue weighted by atomic mass is 16.2. The number of aryl methyl sites for hydroxylation is 1. The summed E-state index contributed by atoms with van der Waals surface area (Å²) in [5.41, 5.74) is 3.19. The Balaban J connectivity index is 1.73. The molecule has 0 radical (unpaired) electrons. The smallest absolute Gasteiger partial charge is 0.241 e. The van der Waals surface area contributed by atoms with Crippen LogP contribution in [0.5, 0.6) is 0 Å². The van der Waals surface area contributed by atoms with Gasteiger partial charge in [0.1, 0.15) is 0 Å². The molecular weight excluding hydrogens is 302 g/mol. The van der Waals surface area contributed by atoms with Crippen LogP contribution in [0.3, 0.4) is 0 Å². The summed E-state index contributed by atoms with van der Waals surface area (Å²) < 4.78 is 0. The van der Waals surface area contributed by atoms with Crippen LogP contribution in [0, 0.1) is 6.92 Å². The Kier molecular flexibility index (Phi) is 6.49. The van der Waals surface area contributed by atoms with Crippen LogP contribution in [0.1, 0.15) is 16.7 Å². The number of carbonyl (C=O) groups is 2. The van der Waals surface area contributed by atoms with Crippen LogP contribution in [-0.4, -0.2) is 41.8 Å². The van der Waals surface area contributed by atoms with Crippen molar-refractivity contribution in [2.45, 2.75) is 19.8 Å². The molecule has 0 atom stereocenters. The molecule has 1 N–H and O–H groups in total. The summed E-state index contributed by atoms with van der Waals surface area (Å²) in [4.78, 5) is 29.7. The molecule has 0 aliphatic rings. The number of nitrogens with one attached hydrogen (secondary N) is 1. The lowest BCUT2D eigenvalue weighted by atomic mass is 10.1. The van der Waals surface area contributed by atoms with Crippen molar-refractivity contribution in [1.82, 2.24) is 15.2 Å². The van der Waals surface area contributed by atoms with E-state index in [0.717, 1.165) is 23.1 Å². The van der Waals surface area contributed by atoms with Crippen molar-refractivity contribution in [3.8, 4) is 0 Å². The Hall–Kier alpha value is -2.69. The molecule has 5 heteroatoms. The highest BCUT2D eigenvalue weighted by Crippen LogP contribution is 2.07. The van der Waals surface area contributed by atoms with Gasteiger partial charge in [-0.2, -0.15) is 0 Å². The fourth-order valence-corrected chi connectivity index (χ4v) is 2.32. The lowest BCUT2D eigenvalue weighted by Gasteiger charge is -2.17. The zero-order valence-corrected chi connectivity index (χ0v) is 14.2. The van der Waals surface area contributed by atoms with Crippen LogP contribution in [-0.2, 0) is 22.4 Å². The van der Waals surface area contributed by atoms with Crippen LogP contribution in [0.4, 0.5) is 0 Å². The van der Waals surface area contributed by atoms with Crippen molar-refractivity contribution in [1.29, 1.82) is 0 Å². The molecule has 0 bridgehead atoms. The molecule has 1 aromatic heterocycles. The van der Waals surface area contributed by atoms with Gasteiger partial charge in [0, 0.05) is 26.0 Å². The molecule has 0 fully saturated rings. The van der Waals surface area contributed by atoms with Crippen LogP contribution in [0.15, 0.2) is 48.8 Å². The second-order valence-electron chi connectivity index (χ2n) is 5.80. The van der Waals surface area contributed by atoms with E-state index >= 15 is 0 Å². The van der Waals surface area contributed by atoms with Crippen molar-refractivity contribution >= 4 is 11.8 Å². The molecule has 126 valence electrons. The van der Waals surface area contributed by atoms with E-state index in [2.05, 4.69) is 10.3 Å². The lowest BCUT2D eigenvalue weighted by Crippen LogP contribution is -2.39. The lowest BCUT2D eigenvalue weighted by molar-refractivity contribution is -0.131. The third-order valence-electron chi connectivity index (χ3n) is 3.96. The number of aromatic nitrogens is 1. The number of hydrogen-bond acceptors (Lipinski definition) is 3. The number of likely N-dealkylation sites (N-methyl/N-ethyl adjacent to an activating group) is 1. The average Bonchev–Trinajstić information content (AvgIpc) is 2.60.